The van der Waals surface area contributed by atoms with Gasteiger partial charge in [0, 0.05) is 6.07 Å². The predicted octanol–water partition coefficient (Wildman–Crippen LogP) is 3.70. The SMILES string of the molecule is CC(C)Oc1ccc(Cn2c(=O)cc(C(F)(F)F)[nH]c2=O)c(Cl)c1Cl. The zero-order valence-corrected chi connectivity index (χ0v) is 14.6. The van der Waals surface area contributed by atoms with Crippen molar-refractivity contribution in [2.75, 3.05) is 0 Å². The number of rotatable bonds is 4. The highest BCUT2D eigenvalue weighted by Gasteiger charge is 2.33. The maximum absolute atomic E-state index is 12.6. The number of ether oxygens (including phenoxy) is 1. The third kappa shape index (κ3) is 4.38. The molecular weight excluding hydrogens is 384 g/mol. The molecule has 1 aromatic heterocycles. The standard InChI is InChI=1S/C15H13Cl2F3N2O3/c1-7(2)25-9-4-3-8(12(16)13(9)17)6-22-11(23)5-10(15(18,19)20)21-14(22)24/h3-5,7H,6H2,1-2H3,(H,21,24). The first-order valence-electron chi connectivity index (χ1n) is 7.05. The van der Waals surface area contributed by atoms with Crippen molar-refractivity contribution in [3.05, 3.63) is 60.3 Å². The van der Waals surface area contributed by atoms with Crippen LogP contribution >= 0.6 is 23.2 Å². The molecule has 0 fully saturated rings. The number of nitrogens with one attached hydrogen (secondary N) is 1. The first kappa shape index (κ1) is 19.4. The Balaban J connectivity index is 2.43. The molecule has 136 valence electrons. The maximum Gasteiger partial charge on any atom is 0.431 e. The molecule has 0 aliphatic carbocycles. The number of aromatic nitrogens is 2. The molecule has 5 nitrogen and oxygen atoms in total. The van der Waals surface area contributed by atoms with Crippen LogP contribution in [0.4, 0.5) is 13.2 Å². The van der Waals surface area contributed by atoms with E-state index < -0.39 is 23.1 Å². The van der Waals surface area contributed by atoms with Gasteiger partial charge in [0.05, 0.1) is 17.7 Å². The fourth-order valence-corrected chi connectivity index (χ4v) is 2.48. The van der Waals surface area contributed by atoms with E-state index in [1.807, 2.05) is 0 Å². The summed E-state index contributed by atoms with van der Waals surface area (Å²) < 4.78 is 43.9. The Morgan fingerprint density at radius 1 is 1.20 bits per heavy atom. The third-order valence-electron chi connectivity index (χ3n) is 3.14. The molecule has 25 heavy (non-hydrogen) atoms. The van der Waals surface area contributed by atoms with Gasteiger partial charge in [0.25, 0.3) is 5.56 Å². The largest absolute Gasteiger partial charge is 0.489 e. The van der Waals surface area contributed by atoms with Gasteiger partial charge in [0.15, 0.2) is 0 Å². The lowest BCUT2D eigenvalue weighted by Crippen LogP contribution is -2.37. The van der Waals surface area contributed by atoms with Gasteiger partial charge in [-0.15, -0.1) is 0 Å². The second-order valence-corrected chi connectivity index (χ2v) is 6.18. The van der Waals surface area contributed by atoms with Crippen molar-refractivity contribution >= 4 is 23.2 Å². The van der Waals surface area contributed by atoms with Gasteiger partial charge in [0.2, 0.25) is 0 Å². The van der Waals surface area contributed by atoms with E-state index >= 15 is 0 Å². The highest BCUT2D eigenvalue weighted by molar-refractivity contribution is 6.43. The third-order valence-corrected chi connectivity index (χ3v) is 4.05. The lowest BCUT2D eigenvalue weighted by Gasteiger charge is -2.15. The van der Waals surface area contributed by atoms with Crippen LogP contribution in [0.1, 0.15) is 25.1 Å². The number of hydrogen-bond acceptors (Lipinski definition) is 3. The average molecular weight is 397 g/mol. The summed E-state index contributed by atoms with van der Waals surface area (Å²) in [6.07, 6.45) is -4.98. The normalized spacial score (nSPS) is 11.8. The van der Waals surface area contributed by atoms with Gasteiger partial charge in [-0.3, -0.25) is 9.36 Å². The molecule has 0 saturated carbocycles. The fourth-order valence-electron chi connectivity index (χ4n) is 2.03. The smallest absolute Gasteiger partial charge is 0.431 e. The van der Waals surface area contributed by atoms with E-state index in [0.29, 0.717) is 16.4 Å². The highest BCUT2D eigenvalue weighted by Crippen LogP contribution is 2.35. The summed E-state index contributed by atoms with van der Waals surface area (Å²) in [6, 6.07) is 3.30. The van der Waals surface area contributed by atoms with Gasteiger partial charge < -0.3 is 9.72 Å². The second kappa shape index (κ2) is 7.13. The van der Waals surface area contributed by atoms with Crippen LogP contribution in [-0.4, -0.2) is 15.7 Å². The fraction of sp³-hybridized carbons (Fsp3) is 0.333. The minimum atomic E-state index is -4.83. The van der Waals surface area contributed by atoms with E-state index in [0.717, 1.165) is 0 Å². The van der Waals surface area contributed by atoms with Gasteiger partial charge in [-0.25, -0.2) is 4.79 Å². The number of halogens is 5. The first-order valence-corrected chi connectivity index (χ1v) is 7.81. The van der Waals surface area contributed by atoms with Crippen LogP contribution < -0.4 is 16.0 Å². The second-order valence-electron chi connectivity index (χ2n) is 5.43. The number of aromatic amines is 1. The Hall–Kier alpha value is -1.93. The summed E-state index contributed by atoms with van der Waals surface area (Å²) in [7, 11) is 0. The number of nitrogens with zero attached hydrogens (tertiary/aromatic N) is 1. The minimum Gasteiger partial charge on any atom is -0.489 e. The minimum absolute atomic E-state index is 0.0472. The molecule has 0 radical (unpaired) electrons. The number of hydrogen-bond donors (Lipinski definition) is 1. The van der Waals surface area contributed by atoms with Gasteiger partial charge >= 0.3 is 11.9 Å². The summed E-state index contributed by atoms with van der Waals surface area (Å²) in [5, 5.41) is 0.135. The molecule has 0 amide bonds. The van der Waals surface area contributed by atoms with Gasteiger partial charge in [0.1, 0.15) is 16.5 Å². The number of alkyl halides is 3. The lowest BCUT2D eigenvalue weighted by atomic mass is 10.2. The zero-order valence-electron chi connectivity index (χ0n) is 13.1. The van der Waals surface area contributed by atoms with Crippen LogP contribution in [0.25, 0.3) is 0 Å². The van der Waals surface area contributed by atoms with E-state index in [-0.39, 0.29) is 28.3 Å². The van der Waals surface area contributed by atoms with Gasteiger partial charge in [-0.1, -0.05) is 29.3 Å². The zero-order chi connectivity index (χ0) is 18.9. The van der Waals surface area contributed by atoms with Crippen LogP contribution in [0.15, 0.2) is 27.8 Å². The quantitative estimate of drug-likeness (QED) is 0.856. The van der Waals surface area contributed by atoms with Gasteiger partial charge in [-0.2, -0.15) is 13.2 Å². The Morgan fingerprint density at radius 2 is 1.84 bits per heavy atom. The van der Waals surface area contributed by atoms with Crippen molar-refractivity contribution in [3.8, 4) is 5.75 Å². The summed E-state index contributed by atoms with van der Waals surface area (Å²) in [4.78, 5) is 25.3. The van der Waals surface area contributed by atoms with Gasteiger partial charge in [-0.05, 0) is 25.5 Å². The molecule has 0 bridgehead atoms. The molecule has 0 aliphatic rings. The molecule has 0 atom stereocenters. The molecule has 0 aliphatic heterocycles. The Kier molecular flexibility index (Phi) is 5.53. The van der Waals surface area contributed by atoms with Crippen molar-refractivity contribution in [2.24, 2.45) is 0 Å². The van der Waals surface area contributed by atoms with Crippen molar-refractivity contribution in [1.82, 2.24) is 9.55 Å². The molecule has 0 saturated heterocycles. The van der Waals surface area contributed by atoms with Crippen molar-refractivity contribution in [2.45, 2.75) is 32.7 Å². The number of benzene rings is 1. The summed E-state index contributed by atoms with van der Waals surface area (Å²) in [5.41, 5.74) is -3.43. The van der Waals surface area contributed by atoms with E-state index in [1.54, 1.807) is 18.8 Å². The Labute approximate surface area is 150 Å². The van der Waals surface area contributed by atoms with Crippen LogP contribution in [0.3, 0.4) is 0 Å². The van der Waals surface area contributed by atoms with E-state index in [4.69, 9.17) is 27.9 Å². The maximum atomic E-state index is 12.6. The highest BCUT2D eigenvalue weighted by atomic mass is 35.5. The summed E-state index contributed by atoms with van der Waals surface area (Å²) in [6.45, 7) is 3.24. The van der Waals surface area contributed by atoms with Crippen molar-refractivity contribution in [3.63, 3.8) is 0 Å². The van der Waals surface area contributed by atoms with Crippen molar-refractivity contribution in [1.29, 1.82) is 0 Å². The van der Waals surface area contributed by atoms with Crippen LogP contribution in [0, 0.1) is 0 Å². The Morgan fingerprint density at radius 3 is 2.36 bits per heavy atom. The Bertz CT molecular complexity index is 873. The van der Waals surface area contributed by atoms with Crippen LogP contribution in [0.2, 0.25) is 10.0 Å². The monoisotopic (exact) mass is 396 g/mol. The predicted molar refractivity (Wildman–Crippen MR) is 87.7 cm³/mol. The molecule has 1 N–H and O–H groups in total. The lowest BCUT2D eigenvalue weighted by molar-refractivity contribution is -0.141. The first-order chi connectivity index (χ1) is 11.5. The molecular formula is C15H13Cl2F3N2O3. The molecule has 0 unspecified atom stereocenters. The molecule has 0 spiro atoms. The molecule has 10 heteroatoms. The van der Waals surface area contributed by atoms with Crippen molar-refractivity contribution < 1.29 is 17.9 Å². The van der Waals surface area contributed by atoms with Crippen LogP contribution in [0.5, 0.6) is 5.75 Å². The van der Waals surface area contributed by atoms with Crippen LogP contribution in [-0.2, 0) is 12.7 Å². The summed E-state index contributed by atoms with van der Waals surface area (Å²) >= 11 is 12.2. The molecule has 1 heterocycles. The van der Waals surface area contributed by atoms with E-state index in [1.165, 1.54) is 12.1 Å². The molecule has 1 aromatic carbocycles. The number of H-pyrrole nitrogens is 1. The molecule has 2 aromatic rings. The molecule has 2 rings (SSSR count). The van der Waals surface area contributed by atoms with E-state index in [2.05, 4.69) is 0 Å². The topological polar surface area (TPSA) is 64.1 Å². The van der Waals surface area contributed by atoms with E-state index in [9.17, 15) is 22.8 Å². The summed E-state index contributed by atoms with van der Waals surface area (Å²) in [5.74, 6) is 0.319. The average Bonchev–Trinajstić information content (AvgIpc) is 2.48.